The summed E-state index contributed by atoms with van der Waals surface area (Å²) < 4.78 is 16.3. The Bertz CT molecular complexity index is 1080. The van der Waals surface area contributed by atoms with E-state index in [-0.39, 0.29) is 11.5 Å². The highest BCUT2D eigenvalue weighted by Crippen LogP contribution is 2.37. The normalized spacial score (nSPS) is 13.9. The van der Waals surface area contributed by atoms with Crippen molar-refractivity contribution in [2.24, 2.45) is 0 Å². The fourth-order valence-corrected chi connectivity index (χ4v) is 3.54. The molecule has 6 heteroatoms. The average Bonchev–Trinajstić information content (AvgIpc) is 3.32. The molecule has 2 aromatic carbocycles. The molecule has 0 saturated carbocycles. The second-order valence-electron chi connectivity index (χ2n) is 6.19. The molecular weight excluding hydrogens is 376 g/mol. The molecule has 0 saturated heterocycles. The van der Waals surface area contributed by atoms with Crippen molar-refractivity contribution in [1.29, 1.82) is 0 Å². The third kappa shape index (κ3) is 3.42. The Balaban J connectivity index is 1.60. The molecule has 0 unspecified atom stereocenters. The summed E-state index contributed by atoms with van der Waals surface area (Å²) >= 11 is 1.31. The summed E-state index contributed by atoms with van der Waals surface area (Å²) in [5.74, 6) is 1.06. The number of rotatable bonds is 4. The van der Waals surface area contributed by atoms with Crippen LogP contribution in [0.3, 0.4) is 0 Å². The number of allylic oxidation sites excluding steroid dienone is 1. The minimum atomic E-state index is -0.437. The summed E-state index contributed by atoms with van der Waals surface area (Å²) in [5, 5.41) is 1.81. The summed E-state index contributed by atoms with van der Waals surface area (Å²) in [7, 11) is 1.60. The van der Waals surface area contributed by atoms with Crippen molar-refractivity contribution in [3.05, 3.63) is 81.2 Å². The fraction of sp³-hybridized carbons (Fsp3) is 0.0909. The molecule has 0 amide bonds. The van der Waals surface area contributed by atoms with E-state index >= 15 is 0 Å². The molecule has 1 aliphatic heterocycles. The molecule has 0 spiro atoms. The second-order valence-corrected chi connectivity index (χ2v) is 7.14. The maximum Gasteiger partial charge on any atom is 0.353 e. The van der Waals surface area contributed by atoms with Crippen LogP contribution < -0.4 is 14.2 Å². The highest BCUT2D eigenvalue weighted by atomic mass is 32.1. The molecule has 0 fully saturated rings. The fourth-order valence-electron chi connectivity index (χ4n) is 2.94. The van der Waals surface area contributed by atoms with Gasteiger partial charge in [0.25, 0.3) is 0 Å². The number of fused-ring (bicyclic) bond motifs is 1. The van der Waals surface area contributed by atoms with Crippen LogP contribution >= 0.6 is 11.3 Å². The number of methoxy groups -OCH3 is 1. The van der Waals surface area contributed by atoms with E-state index in [0.29, 0.717) is 27.5 Å². The summed E-state index contributed by atoms with van der Waals surface area (Å²) in [6.07, 6.45) is 1.68. The van der Waals surface area contributed by atoms with Gasteiger partial charge in [-0.25, -0.2) is 4.79 Å². The van der Waals surface area contributed by atoms with Gasteiger partial charge in [-0.1, -0.05) is 18.2 Å². The summed E-state index contributed by atoms with van der Waals surface area (Å²) in [5.41, 5.74) is 1.99. The standard InChI is InChI=1S/C22H16O5S/c1-13-10-16(26-22(24)19-4-3-9-28-19)12-17-20(13)21(23)18(27-17)11-14-5-7-15(25-2)8-6-14/h3-12H,1-2H3/b18-11-. The molecule has 0 N–H and O–H groups in total. The van der Waals surface area contributed by atoms with E-state index in [9.17, 15) is 9.59 Å². The molecule has 3 aromatic rings. The van der Waals surface area contributed by atoms with Gasteiger partial charge >= 0.3 is 5.97 Å². The number of aryl methyl sites for hydroxylation is 1. The third-order valence-corrected chi connectivity index (χ3v) is 5.14. The van der Waals surface area contributed by atoms with Crippen LogP contribution in [0.5, 0.6) is 17.2 Å². The van der Waals surface area contributed by atoms with Crippen LogP contribution in [0.15, 0.2) is 59.7 Å². The van der Waals surface area contributed by atoms with Gasteiger partial charge in [-0.15, -0.1) is 11.3 Å². The Morgan fingerprint density at radius 2 is 1.89 bits per heavy atom. The van der Waals surface area contributed by atoms with Gasteiger partial charge < -0.3 is 14.2 Å². The number of hydrogen-bond donors (Lipinski definition) is 0. The van der Waals surface area contributed by atoms with Crippen LogP contribution in [0, 0.1) is 6.92 Å². The van der Waals surface area contributed by atoms with Crippen LogP contribution in [0.1, 0.15) is 31.2 Å². The predicted molar refractivity (Wildman–Crippen MR) is 106 cm³/mol. The van der Waals surface area contributed by atoms with E-state index in [0.717, 1.165) is 11.3 Å². The van der Waals surface area contributed by atoms with E-state index in [1.165, 1.54) is 11.3 Å². The number of benzene rings is 2. The van der Waals surface area contributed by atoms with Gasteiger partial charge in [-0.2, -0.15) is 0 Å². The molecule has 28 heavy (non-hydrogen) atoms. The molecule has 1 aliphatic rings. The first kappa shape index (κ1) is 18.0. The number of ketones is 1. The van der Waals surface area contributed by atoms with Gasteiger partial charge in [0.15, 0.2) is 5.76 Å². The molecule has 0 radical (unpaired) electrons. The Labute approximate surface area is 165 Å². The maximum atomic E-state index is 12.7. The van der Waals surface area contributed by atoms with Gasteiger partial charge in [-0.3, -0.25) is 4.79 Å². The van der Waals surface area contributed by atoms with E-state index in [1.54, 1.807) is 44.4 Å². The smallest absolute Gasteiger partial charge is 0.353 e. The Hall–Kier alpha value is -3.38. The van der Waals surface area contributed by atoms with Gasteiger partial charge in [-0.05, 0) is 53.8 Å². The zero-order valence-electron chi connectivity index (χ0n) is 15.2. The largest absolute Gasteiger partial charge is 0.497 e. The van der Waals surface area contributed by atoms with E-state index in [4.69, 9.17) is 14.2 Å². The van der Waals surface area contributed by atoms with Crippen molar-refractivity contribution in [1.82, 2.24) is 0 Å². The van der Waals surface area contributed by atoms with Crippen molar-refractivity contribution in [3.8, 4) is 17.2 Å². The summed E-state index contributed by atoms with van der Waals surface area (Å²) in [6.45, 7) is 1.79. The zero-order valence-corrected chi connectivity index (χ0v) is 16.0. The molecule has 0 atom stereocenters. The van der Waals surface area contributed by atoms with E-state index in [2.05, 4.69) is 0 Å². The molecule has 0 bridgehead atoms. The molecule has 4 rings (SSSR count). The number of hydrogen-bond acceptors (Lipinski definition) is 6. The lowest BCUT2D eigenvalue weighted by Crippen LogP contribution is -2.06. The van der Waals surface area contributed by atoms with Crippen molar-refractivity contribution in [2.45, 2.75) is 6.92 Å². The van der Waals surface area contributed by atoms with E-state index < -0.39 is 5.97 Å². The predicted octanol–water partition coefficient (Wildman–Crippen LogP) is 4.90. The first-order valence-electron chi connectivity index (χ1n) is 8.54. The number of carbonyl (C=O) groups is 2. The van der Waals surface area contributed by atoms with Gasteiger partial charge in [0.05, 0.1) is 12.7 Å². The first-order valence-corrected chi connectivity index (χ1v) is 9.42. The first-order chi connectivity index (χ1) is 13.5. The van der Waals surface area contributed by atoms with Crippen LogP contribution in [0.4, 0.5) is 0 Å². The van der Waals surface area contributed by atoms with Gasteiger partial charge in [0.2, 0.25) is 5.78 Å². The summed E-state index contributed by atoms with van der Waals surface area (Å²) in [6, 6.07) is 14.0. The monoisotopic (exact) mass is 392 g/mol. The maximum absolute atomic E-state index is 12.7. The van der Waals surface area contributed by atoms with Crippen molar-refractivity contribution >= 4 is 29.2 Å². The van der Waals surface area contributed by atoms with Crippen molar-refractivity contribution < 1.29 is 23.8 Å². The molecule has 0 aliphatic carbocycles. The number of ether oxygens (including phenoxy) is 3. The van der Waals surface area contributed by atoms with Crippen molar-refractivity contribution in [2.75, 3.05) is 7.11 Å². The number of carbonyl (C=O) groups excluding carboxylic acids is 2. The van der Waals surface area contributed by atoms with Crippen molar-refractivity contribution in [3.63, 3.8) is 0 Å². The van der Waals surface area contributed by atoms with Crippen LogP contribution in [0.25, 0.3) is 6.08 Å². The molecule has 1 aromatic heterocycles. The molecular formula is C22H16O5S. The molecule has 5 nitrogen and oxygen atoms in total. The van der Waals surface area contributed by atoms with E-state index in [1.807, 2.05) is 29.6 Å². The SMILES string of the molecule is COc1ccc(/C=C2\Oc3cc(OC(=O)c4cccs4)cc(C)c3C2=O)cc1. The minimum absolute atomic E-state index is 0.195. The quantitative estimate of drug-likeness (QED) is 0.359. The number of Topliss-reactive ketones (excluding diaryl/α,β-unsaturated/α-hetero) is 1. The minimum Gasteiger partial charge on any atom is -0.497 e. The number of esters is 1. The Morgan fingerprint density at radius 3 is 2.57 bits per heavy atom. The summed E-state index contributed by atoms with van der Waals surface area (Å²) in [4.78, 5) is 25.4. The average molecular weight is 392 g/mol. The van der Waals surface area contributed by atoms with Crippen LogP contribution in [-0.2, 0) is 0 Å². The third-order valence-electron chi connectivity index (χ3n) is 4.29. The Kier molecular flexibility index (Phi) is 4.71. The lowest BCUT2D eigenvalue weighted by molar-refractivity contribution is 0.0739. The Morgan fingerprint density at radius 1 is 1.11 bits per heavy atom. The van der Waals surface area contributed by atoms with Gasteiger partial charge in [0.1, 0.15) is 22.1 Å². The van der Waals surface area contributed by atoms with Crippen LogP contribution in [0.2, 0.25) is 0 Å². The highest BCUT2D eigenvalue weighted by Gasteiger charge is 2.30. The second kappa shape index (κ2) is 7.32. The highest BCUT2D eigenvalue weighted by molar-refractivity contribution is 7.12. The van der Waals surface area contributed by atoms with Crippen LogP contribution in [-0.4, -0.2) is 18.9 Å². The lowest BCUT2D eigenvalue weighted by Gasteiger charge is -2.06. The van der Waals surface area contributed by atoms with Gasteiger partial charge in [0, 0.05) is 6.07 Å². The lowest BCUT2D eigenvalue weighted by atomic mass is 10.0. The number of thiophene rings is 1. The zero-order chi connectivity index (χ0) is 19.7. The molecule has 2 heterocycles. The topological polar surface area (TPSA) is 61.8 Å². The molecule has 140 valence electrons.